The molecule has 1 aromatic rings. The molecule has 0 saturated heterocycles. The molecule has 16 heavy (non-hydrogen) atoms. The lowest BCUT2D eigenvalue weighted by Crippen LogP contribution is -2.07. The predicted octanol–water partition coefficient (Wildman–Crippen LogP) is 3.06. The molecule has 1 aromatic carbocycles. The highest BCUT2D eigenvalue weighted by molar-refractivity contribution is 7.85. The van der Waals surface area contributed by atoms with Gasteiger partial charge in [0.1, 0.15) is 0 Å². The van der Waals surface area contributed by atoms with Gasteiger partial charge in [-0.25, -0.2) is 0 Å². The lowest BCUT2D eigenvalue weighted by Gasteiger charge is -2.15. The van der Waals surface area contributed by atoms with E-state index in [1.807, 2.05) is 33.8 Å². The van der Waals surface area contributed by atoms with Crippen LogP contribution in [0.25, 0.3) is 0 Å². The van der Waals surface area contributed by atoms with Gasteiger partial charge in [0.2, 0.25) is 0 Å². The van der Waals surface area contributed by atoms with E-state index in [9.17, 15) is 13.0 Å². The topological polar surface area (TPSA) is 54.4 Å². The van der Waals surface area contributed by atoms with Gasteiger partial charge in [0.25, 0.3) is 10.1 Å². The first-order chi connectivity index (χ1) is 7.27. The third-order valence-electron chi connectivity index (χ3n) is 3.05. The second kappa shape index (κ2) is 4.55. The van der Waals surface area contributed by atoms with Crippen LogP contribution in [0.2, 0.25) is 0 Å². The van der Waals surface area contributed by atoms with E-state index in [2.05, 4.69) is 0 Å². The highest BCUT2D eigenvalue weighted by Gasteiger charge is 2.19. The van der Waals surface area contributed by atoms with Crippen LogP contribution in [0.3, 0.4) is 0 Å². The van der Waals surface area contributed by atoms with E-state index in [4.69, 9.17) is 0 Å². The highest BCUT2D eigenvalue weighted by Crippen LogP contribution is 2.28. The molecule has 4 heteroatoms. The summed E-state index contributed by atoms with van der Waals surface area (Å²) in [4.78, 5) is 0.0463. The van der Waals surface area contributed by atoms with Crippen LogP contribution in [0.1, 0.15) is 42.9 Å². The smallest absolute Gasteiger partial charge is 0.282 e. The van der Waals surface area contributed by atoms with Crippen LogP contribution >= 0.6 is 0 Å². The first-order valence-corrected chi connectivity index (χ1v) is 6.80. The largest absolute Gasteiger partial charge is 0.294 e. The van der Waals surface area contributed by atoms with E-state index in [0.717, 1.165) is 17.5 Å². The summed E-state index contributed by atoms with van der Waals surface area (Å²) >= 11 is 0. The third-order valence-corrected chi connectivity index (χ3v) is 3.96. The molecule has 0 aliphatic rings. The molecule has 0 aromatic heterocycles. The highest BCUT2D eigenvalue weighted by atomic mass is 32.2. The summed E-state index contributed by atoms with van der Waals surface area (Å²) in [5.41, 5.74) is 2.62. The monoisotopic (exact) mass is 242 g/mol. The fourth-order valence-corrected chi connectivity index (χ4v) is 2.52. The Morgan fingerprint density at radius 3 is 2.19 bits per heavy atom. The summed E-state index contributed by atoms with van der Waals surface area (Å²) in [7, 11) is -4.13. The molecule has 0 radical (unpaired) electrons. The second-order valence-electron chi connectivity index (χ2n) is 4.26. The Labute approximate surface area is 97.2 Å². The van der Waals surface area contributed by atoms with Gasteiger partial charge in [0.05, 0.1) is 4.90 Å². The van der Waals surface area contributed by atoms with Gasteiger partial charge in [-0.3, -0.25) is 4.55 Å². The molecule has 0 fully saturated rings. The minimum Gasteiger partial charge on any atom is -0.282 e. The summed E-state index contributed by atoms with van der Waals surface area (Å²) in [6.45, 7) is 7.73. The zero-order chi connectivity index (χ0) is 12.5. The number of aryl methyl sites for hydroxylation is 2. The van der Waals surface area contributed by atoms with Gasteiger partial charge in [0.15, 0.2) is 0 Å². The minimum absolute atomic E-state index is 0.0463. The molecule has 3 nitrogen and oxygen atoms in total. The van der Waals surface area contributed by atoms with Crippen molar-refractivity contribution in [2.24, 2.45) is 0 Å². The number of rotatable bonds is 3. The average molecular weight is 242 g/mol. The molecule has 0 heterocycles. The van der Waals surface area contributed by atoms with E-state index in [1.54, 1.807) is 6.07 Å². The standard InChI is InChI=1S/C12H18O3S/c1-5-8(2)11-6-9(3)10(4)7-12(11)16(13,14)15/h6-8H,5H2,1-4H3,(H,13,14,15). The molecule has 1 rings (SSSR count). The molecule has 1 N–H and O–H groups in total. The number of hydrogen-bond acceptors (Lipinski definition) is 2. The Balaban J connectivity index is 3.52. The van der Waals surface area contributed by atoms with Crippen LogP contribution < -0.4 is 0 Å². The average Bonchev–Trinajstić information content (AvgIpc) is 2.18. The maximum atomic E-state index is 11.3. The summed E-state index contributed by atoms with van der Waals surface area (Å²) < 4.78 is 31.8. The Morgan fingerprint density at radius 1 is 1.25 bits per heavy atom. The van der Waals surface area contributed by atoms with Crippen molar-refractivity contribution in [2.75, 3.05) is 0 Å². The molecule has 0 aliphatic carbocycles. The normalized spacial score (nSPS) is 13.8. The Kier molecular flexibility index (Phi) is 3.76. The van der Waals surface area contributed by atoms with Crippen molar-refractivity contribution < 1.29 is 13.0 Å². The number of benzene rings is 1. The Morgan fingerprint density at radius 2 is 1.75 bits per heavy atom. The molecule has 0 saturated carbocycles. The molecule has 0 aliphatic heterocycles. The fraction of sp³-hybridized carbons (Fsp3) is 0.500. The molecule has 0 amide bonds. The zero-order valence-electron chi connectivity index (χ0n) is 10.1. The van der Waals surface area contributed by atoms with Crippen LogP contribution in [0, 0.1) is 13.8 Å². The summed E-state index contributed by atoms with van der Waals surface area (Å²) in [5.74, 6) is 0.122. The van der Waals surface area contributed by atoms with Gasteiger partial charge >= 0.3 is 0 Å². The van der Waals surface area contributed by atoms with Gasteiger partial charge in [-0.05, 0) is 48.9 Å². The van der Waals surface area contributed by atoms with Crippen molar-refractivity contribution in [3.8, 4) is 0 Å². The summed E-state index contributed by atoms with van der Waals surface area (Å²) in [6.07, 6.45) is 0.838. The summed E-state index contributed by atoms with van der Waals surface area (Å²) in [5, 5.41) is 0. The lowest BCUT2D eigenvalue weighted by molar-refractivity contribution is 0.480. The molecule has 1 unspecified atom stereocenters. The molecular formula is C12H18O3S. The summed E-state index contributed by atoms with van der Waals surface area (Å²) in [6, 6.07) is 3.40. The van der Waals surface area contributed by atoms with Crippen LogP contribution in [0.4, 0.5) is 0 Å². The van der Waals surface area contributed by atoms with Gasteiger partial charge in [-0.1, -0.05) is 19.9 Å². The van der Waals surface area contributed by atoms with Crippen molar-refractivity contribution in [1.29, 1.82) is 0 Å². The van der Waals surface area contributed by atoms with E-state index in [0.29, 0.717) is 5.56 Å². The van der Waals surface area contributed by atoms with Crippen molar-refractivity contribution in [3.63, 3.8) is 0 Å². The Hall–Kier alpha value is -0.870. The molecular weight excluding hydrogens is 224 g/mol. The third kappa shape index (κ3) is 2.62. The number of hydrogen-bond donors (Lipinski definition) is 1. The van der Waals surface area contributed by atoms with E-state index in [-0.39, 0.29) is 10.8 Å². The van der Waals surface area contributed by atoms with E-state index in [1.165, 1.54) is 0 Å². The van der Waals surface area contributed by atoms with Crippen molar-refractivity contribution >= 4 is 10.1 Å². The predicted molar refractivity (Wildman–Crippen MR) is 64.4 cm³/mol. The van der Waals surface area contributed by atoms with Gasteiger partial charge < -0.3 is 0 Å². The SMILES string of the molecule is CCC(C)c1cc(C)c(C)cc1S(=O)(=O)O. The van der Waals surface area contributed by atoms with E-state index < -0.39 is 10.1 Å². The molecule has 90 valence electrons. The second-order valence-corrected chi connectivity index (χ2v) is 5.65. The van der Waals surface area contributed by atoms with Crippen LogP contribution in [0.15, 0.2) is 17.0 Å². The maximum Gasteiger partial charge on any atom is 0.294 e. The van der Waals surface area contributed by atoms with Crippen LogP contribution in [-0.2, 0) is 10.1 Å². The minimum atomic E-state index is -4.13. The molecule has 0 bridgehead atoms. The molecule has 0 spiro atoms. The van der Waals surface area contributed by atoms with Crippen LogP contribution in [0.5, 0.6) is 0 Å². The van der Waals surface area contributed by atoms with Crippen LogP contribution in [-0.4, -0.2) is 13.0 Å². The first-order valence-electron chi connectivity index (χ1n) is 5.36. The van der Waals surface area contributed by atoms with Crippen molar-refractivity contribution in [2.45, 2.75) is 44.9 Å². The van der Waals surface area contributed by atoms with Crippen molar-refractivity contribution in [3.05, 3.63) is 28.8 Å². The molecule has 1 atom stereocenters. The van der Waals surface area contributed by atoms with Gasteiger partial charge in [0, 0.05) is 0 Å². The zero-order valence-corrected chi connectivity index (χ0v) is 10.9. The fourth-order valence-electron chi connectivity index (χ4n) is 1.64. The Bertz CT molecular complexity index is 489. The van der Waals surface area contributed by atoms with Gasteiger partial charge in [-0.15, -0.1) is 0 Å². The van der Waals surface area contributed by atoms with Gasteiger partial charge in [-0.2, -0.15) is 8.42 Å². The lowest BCUT2D eigenvalue weighted by atomic mass is 9.95. The maximum absolute atomic E-state index is 11.3. The quantitative estimate of drug-likeness (QED) is 0.829. The first kappa shape index (κ1) is 13.2. The van der Waals surface area contributed by atoms with E-state index >= 15 is 0 Å². The van der Waals surface area contributed by atoms with Crippen molar-refractivity contribution in [1.82, 2.24) is 0 Å².